The van der Waals surface area contributed by atoms with E-state index in [4.69, 9.17) is 23.2 Å². The van der Waals surface area contributed by atoms with Crippen LogP contribution in [0.2, 0.25) is 10.3 Å². The fourth-order valence-corrected chi connectivity index (χ4v) is 4.87. The normalized spacial score (nSPS) is 11.5. The fraction of sp³-hybridized carbons (Fsp3) is 0.0833. The molecule has 2 aromatic rings. The number of anilines is 1. The predicted molar refractivity (Wildman–Crippen MR) is 91.6 cm³/mol. The van der Waals surface area contributed by atoms with E-state index in [9.17, 15) is 8.42 Å². The summed E-state index contributed by atoms with van der Waals surface area (Å²) in [4.78, 5) is 3.92. The van der Waals surface area contributed by atoms with Crippen LogP contribution >= 0.6 is 55.1 Å². The molecule has 0 atom stereocenters. The lowest BCUT2D eigenvalue weighted by Gasteiger charge is -2.13. The maximum absolute atomic E-state index is 12.5. The Kier molecular flexibility index (Phi) is 5.20. The van der Waals surface area contributed by atoms with E-state index in [0.29, 0.717) is 14.5 Å². The molecule has 0 radical (unpaired) electrons. The smallest absolute Gasteiger partial charge is 0.263 e. The Morgan fingerprint density at radius 1 is 1.19 bits per heavy atom. The fourth-order valence-electron chi connectivity index (χ4n) is 1.59. The van der Waals surface area contributed by atoms with Crippen LogP contribution in [0.15, 0.2) is 38.1 Å². The van der Waals surface area contributed by atoms with Crippen LogP contribution in [0.1, 0.15) is 5.56 Å². The first-order valence-corrected chi connectivity index (χ1v) is 9.34. The van der Waals surface area contributed by atoms with E-state index in [2.05, 4.69) is 41.6 Å². The number of halogens is 4. The third kappa shape index (κ3) is 3.90. The van der Waals surface area contributed by atoms with E-state index in [1.807, 2.05) is 0 Å². The molecule has 0 bridgehead atoms. The van der Waals surface area contributed by atoms with Gasteiger partial charge in [-0.1, -0.05) is 39.1 Å². The quantitative estimate of drug-likeness (QED) is 0.635. The van der Waals surface area contributed by atoms with Gasteiger partial charge in [-0.3, -0.25) is 4.72 Å². The summed E-state index contributed by atoms with van der Waals surface area (Å²) in [5.74, 6) is 0. The minimum atomic E-state index is -3.82. The van der Waals surface area contributed by atoms with Gasteiger partial charge in [-0.25, -0.2) is 13.4 Å². The third-order valence-electron chi connectivity index (χ3n) is 2.56. The summed E-state index contributed by atoms with van der Waals surface area (Å²) >= 11 is 18.2. The zero-order chi connectivity index (χ0) is 15.8. The Hall–Kier alpha value is -0.340. The highest BCUT2D eigenvalue weighted by Gasteiger charge is 2.21. The summed E-state index contributed by atoms with van der Waals surface area (Å²) in [5.41, 5.74) is 0.780. The molecule has 0 saturated heterocycles. The SMILES string of the molecule is Cc1cc(Cl)nc(Cl)c1NS(=O)(=O)c1cc(Br)ccc1Br. The summed E-state index contributed by atoms with van der Waals surface area (Å²) in [6.07, 6.45) is 0. The van der Waals surface area contributed by atoms with Crippen molar-refractivity contribution in [3.63, 3.8) is 0 Å². The second-order valence-electron chi connectivity index (χ2n) is 4.11. The molecule has 1 aromatic heterocycles. The van der Waals surface area contributed by atoms with Gasteiger partial charge in [0.25, 0.3) is 10.0 Å². The first-order valence-electron chi connectivity index (χ1n) is 5.51. The highest BCUT2D eigenvalue weighted by Crippen LogP contribution is 2.31. The lowest BCUT2D eigenvalue weighted by Crippen LogP contribution is -2.15. The van der Waals surface area contributed by atoms with Crippen LogP contribution in [0.5, 0.6) is 0 Å². The van der Waals surface area contributed by atoms with Crippen LogP contribution in [0.3, 0.4) is 0 Å². The van der Waals surface area contributed by atoms with Crippen molar-refractivity contribution in [1.82, 2.24) is 4.98 Å². The van der Waals surface area contributed by atoms with E-state index < -0.39 is 10.0 Å². The summed E-state index contributed by atoms with van der Waals surface area (Å²) < 4.78 is 28.5. The zero-order valence-electron chi connectivity index (χ0n) is 10.5. The molecule has 4 nitrogen and oxygen atoms in total. The number of rotatable bonds is 3. The van der Waals surface area contributed by atoms with Gasteiger partial charge in [0, 0.05) is 8.95 Å². The number of hydrogen-bond acceptors (Lipinski definition) is 3. The maximum atomic E-state index is 12.5. The van der Waals surface area contributed by atoms with E-state index in [-0.39, 0.29) is 20.9 Å². The van der Waals surface area contributed by atoms with Crippen LogP contribution in [0.25, 0.3) is 0 Å². The molecule has 1 N–H and O–H groups in total. The molecule has 0 amide bonds. The van der Waals surface area contributed by atoms with Gasteiger partial charge in [0.05, 0.1) is 5.69 Å². The molecule has 112 valence electrons. The molecule has 1 aromatic carbocycles. The Balaban J connectivity index is 2.50. The van der Waals surface area contributed by atoms with Crippen molar-refractivity contribution in [3.05, 3.63) is 49.1 Å². The Bertz CT molecular complexity index is 790. The molecule has 0 saturated carbocycles. The standard InChI is InChI=1S/C12H8Br2Cl2N2O2S/c1-6-4-10(15)17-12(16)11(6)18-21(19,20)9-5-7(13)2-3-8(9)14/h2-5,18H,1H3. The van der Waals surface area contributed by atoms with Gasteiger partial charge in [0.15, 0.2) is 5.15 Å². The van der Waals surface area contributed by atoms with E-state index in [1.165, 1.54) is 12.1 Å². The molecule has 9 heteroatoms. The van der Waals surface area contributed by atoms with Crippen LogP contribution in [0.4, 0.5) is 5.69 Å². The minimum absolute atomic E-state index is 0.00491. The molecule has 0 unspecified atom stereocenters. The van der Waals surface area contributed by atoms with Crippen molar-refractivity contribution < 1.29 is 8.42 Å². The van der Waals surface area contributed by atoms with E-state index in [0.717, 1.165) is 0 Å². The van der Waals surface area contributed by atoms with Gasteiger partial charge in [0.2, 0.25) is 0 Å². The molecular weight excluding hydrogens is 467 g/mol. The molecular formula is C12H8Br2Cl2N2O2S. The van der Waals surface area contributed by atoms with Crippen molar-refractivity contribution >= 4 is 70.8 Å². The topological polar surface area (TPSA) is 59.1 Å². The Labute approximate surface area is 149 Å². The third-order valence-corrected chi connectivity index (χ3v) is 5.86. The van der Waals surface area contributed by atoms with Crippen LogP contribution in [0, 0.1) is 6.92 Å². The van der Waals surface area contributed by atoms with E-state index >= 15 is 0 Å². The number of pyridine rings is 1. The van der Waals surface area contributed by atoms with Crippen molar-refractivity contribution in [2.24, 2.45) is 0 Å². The number of hydrogen-bond donors (Lipinski definition) is 1. The maximum Gasteiger partial charge on any atom is 0.263 e. The molecule has 0 spiro atoms. The van der Waals surface area contributed by atoms with Gasteiger partial charge in [0.1, 0.15) is 10.0 Å². The highest BCUT2D eigenvalue weighted by molar-refractivity contribution is 9.11. The number of aryl methyl sites for hydroxylation is 1. The van der Waals surface area contributed by atoms with Gasteiger partial charge in [-0.05, 0) is 52.7 Å². The van der Waals surface area contributed by atoms with Crippen LogP contribution in [-0.4, -0.2) is 13.4 Å². The lowest BCUT2D eigenvalue weighted by atomic mass is 10.3. The summed E-state index contributed by atoms with van der Waals surface area (Å²) in [5, 5.41) is 0.193. The van der Waals surface area contributed by atoms with Crippen LogP contribution < -0.4 is 4.72 Å². The van der Waals surface area contributed by atoms with Crippen molar-refractivity contribution in [1.29, 1.82) is 0 Å². The van der Waals surface area contributed by atoms with E-state index in [1.54, 1.807) is 19.1 Å². The number of nitrogens with one attached hydrogen (secondary N) is 1. The molecule has 0 aliphatic carbocycles. The van der Waals surface area contributed by atoms with Crippen molar-refractivity contribution in [2.45, 2.75) is 11.8 Å². The molecule has 2 rings (SSSR count). The number of benzene rings is 1. The molecule has 0 aliphatic rings. The Morgan fingerprint density at radius 2 is 1.86 bits per heavy atom. The summed E-state index contributed by atoms with van der Waals surface area (Å²) in [6.45, 7) is 1.69. The van der Waals surface area contributed by atoms with Crippen molar-refractivity contribution in [3.8, 4) is 0 Å². The number of nitrogens with zero attached hydrogens (tertiary/aromatic N) is 1. The predicted octanol–water partition coefficient (Wildman–Crippen LogP) is 5.02. The number of sulfonamides is 1. The molecule has 0 aliphatic heterocycles. The molecule has 0 fully saturated rings. The van der Waals surface area contributed by atoms with Gasteiger partial charge < -0.3 is 0 Å². The van der Waals surface area contributed by atoms with Crippen LogP contribution in [-0.2, 0) is 10.0 Å². The Morgan fingerprint density at radius 3 is 2.48 bits per heavy atom. The highest BCUT2D eigenvalue weighted by atomic mass is 79.9. The average Bonchev–Trinajstić information content (AvgIpc) is 2.36. The molecule has 21 heavy (non-hydrogen) atoms. The summed E-state index contributed by atoms with van der Waals surface area (Å²) in [7, 11) is -3.82. The molecule has 1 heterocycles. The van der Waals surface area contributed by atoms with Gasteiger partial charge >= 0.3 is 0 Å². The minimum Gasteiger partial charge on any atom is -0.276 e. The van der Waals surface area contributed by atoms with Gasteiger partial charge in [-0.2, -0.15) is 0 Å². The average molecular weight is 475 g/mol. The first kappa shape index (κ1) is 17.0. The number of aromatic nitrogens is 1. The lowest BCUT2D eigenvalue weighted by molar-refractivity contribution is 0.600. The second-order valence-corrected chi connectivity index (χ2v) is 8.27. The first-order chi connectivity index (χ1) is 9.70. The largest absolute Gasteiger partial charge is 0.276 e. The van der Waals surface area contributed by atoms with Gasteiger partial charge in [-0.15, -0.1) is 0 Å². The van der Waals surface area contributed by atoms with Crippen molar-refractivity contribution in [2.75, 3.05) is 4.72 Å². The zero-order valence-corrected chi connectivity index (χ0v) is 16.0. The second kappa shape index (κ2) is 6.42. The summed E-state index contributed by atoms with van der Waals surface area (Å²) in [6, 6.07) is 6.37. The monoisotopic (exact) mass is 472 g/mol.